The number of carbonyl (C=O) groups is 4. The lowest BCUT2D eigenvalue weighted by Gasteiger charge is -2.37. The fourth-order valence-corrected chi connectivity index (χ4v) is 4.27. The van der Waals surface area contributed by atoms with Crippen molar-refractivity contribution in [2.45, 2.75) is 12.5 Å². The van der Waals surface area contributed by atoms with Gasteiger partial charge in [-0.3, -0.25) is 38.8 Å². The number of anilines is 1. The van der Waals surface area contributed by atoms with E-state index in [0.29, 0.717) is 65.2 Å². The summed E-state index contributed by atoms with van der Waals surface area (Å²) < 4.78 is 9.90. The summed E-state index contributed by atoms with van der Waals surface area (Å²) in [7, 11) is 1.82. The molecule has 0 radical (unpaired) electrons. The van der Waals surface area contributed by atoms with Crippen molar-refractivity contribution in [1.29, 1.82) is 0 Å². The summed E-state index contributed by atoms with van der Waals surface area (Å²) in [5, 5.41) is 22.3. The number of rotatable bonds is 13. The van der Waals surface area contributed by atoms with E-state index in [2.05, 4.69) is 5.32 Å². The quantitative estimate of drug-likeness (QED) is 0.279. The molecule has 13 nitrogen and oxygen atoms in total. The fraction of sp³-hybridized carbons (Fsp3) is 0.583. The normalized spacial score (nSPS) is 19.2. The monoisotopic (exact) mass is 523 g/mol. The summed E-state index contributed by atoms with van der Waals surface area (Å²) in [5.41, 5.74) is 1.93. The highest BCUT2D eigenvalue weighted by molar-refractivity contribution is 5.69. The molecular formula is C24H37N5O8. The Balaban J connectivity index is 2.35. The van der Waals surface area contributed by atoms with E-state index in [9.17, 15) is 29.4 Å². The van der Waals surface area contributed by atoms with E-state index in [1.807, 2.05) is 46.0 Å². The Kier molecular flexibility index (Phi) is 13.3. The molecular weight excluding hydrogens is 486 g/mol. The van der Waals surface area contributed by atoms with Gasteiger partial charge in [0.2, 0.25) is 0 Å². The van der Waals surface area contributed by atoms with Crippen LogP contribution >= 0.6 is 0 Å². The zero-order valence-corrected chi connectivity index (χ0v) is 21.2. The molecule has 1 saturated heterocycles. The number of nitrogens with one attached hydrogen (secondary N) is 1. The number of carboxylic acids is 2. The van der Waals surface area contributed by atoms with Crippen LogP contribution in [0, 0.1) is 0 Å². The van der Waals surface area contributed by atoms with Gasteiger partial charge in [-0.05, 0) is 24.1 Å². The van der Waals surface area contributed by atoms with Crippen molar-refractivity contribution >= 4 is 30.6 Å². The van der Waals surface area contributed by atoms with Crippen molar-refractivity contribution in [2.24, 2.45) is 0 Å². The third kappa shape index (κ3) is 11.6. The van der Waals surface area contributed by atoms with Crippen LogP contribution in [-0.2, 0) is 35.1 Å². The zero-order valence-electron chi connectivity index (χ0n) is 21.2. The maximum atomic E-state index is 11.8. The highest BCUT2D eigenvalue weighted by Crippen LogP contribution is 2.15. The molecule has 0 aromatic heterocycles. The molecule has 0 bridgehead atoms. The minimum Gasteiger partial charge on any atom is -0.480 e. The van der Waals surface area contributed by atoms with Crippen LogP contribution in [0.4, 0.5) is 5.69 Å². The molecule has 1 aliphatic heterocycles. The van der Waals surface area contributed by atoms with E-state index in [1.54, 1.807) is 4.90 Å². The molecule has 0 saturated carbocycles. The molecule has 13 heteroatoms. The molecule has 1 aromatic carbocycles. The second-order valence-corrected chi connectivity index (χ2v) is 8.82. The van der Waals surface area contributed by atoms with Gasteiger partial charge >= 0.3 is 11.9 Å². The molecule has 0 aliphatic carbocycles. The van der Waals surface area contributed by atoms with E-state index in [4.69, 9.17) is 9.47 Å². The zero-order chi connectivity index (χ0) is 27.0. The van der Waals surface area contributed by atoms with E-state index in [-0.39, 0.29) is 32.6 Å². The Labute approximate surface area is 216 Å². The lowest BCUT2D eigenvalue weighted by molar-refractivity contribution is -0.141. The average molecular weight is 524 g/mol. The topological polar surface area (TPSA) is 152 Å². The Bertz CT molecular complexity index is 856. The third-order valence-electron chi connectivity index (χ3n) is 6.22. The Morgan fingerprint density at radius 2 is 1.38 bits per heavy atom. The van der Waals surface area contributed by atoms with Crippen LogP contribution in [0.1, 0.15) is 5.56 Å². The summed E-state index contributed by atoms with van der Waals surface area (Å²) in [6.07, 6.45) is 0.510. The molecule has 0 amide bonds. The van der Waals surface area contributed by atoms with Crippen LogP contribution in [-0.4, -0.2) is 140 Å². The van der Waals surface area contributed by atoms with Crippen LogP contribution < -0.4 is 5.32 Å². The first-order valence-corrected chi connectivity index (χ1v) is 12.1. The Hall–Kier alpha value is -3.26. The van der Waals surface area contributed by atoms with Gasteiger partial charge in [-0.25, -0.2) is 0 Å². The fourth-order valence-electron chi connectivity index (χ4n) is 4.27. The maximum absolute atomic E-state index is 11.8. The second-order valence-electron chi connectivity index (χ2n) is 8.82. The number of hydrogen-bond donors (Lipinski definition) is 3. The summed E-state index contributed by atoms with van der Waals surface area (Å²) in [4.78, 5) is 52.4. The Morgan fingerprint density at radius 3 is 1.86 bits per heavy atom. The number of hydrogen-bond acceptors (Lipinski definition) is 11. The number of carbonyl (C=O) groups excluding carboxylic acids is 2. The number of carboxylic acid groups (broad SMARTS) is 2. The standard InChI is InChI=1S/C24H37N5O8/c1-25-21-4-2-20(3-5-21)12-22-13-28(14-23(32)33)9-8-26(16-36-18-30)6-7-27(17-37-19-31)10-11-29(22)15-24(34)35/h2-5,18-19,22,25H,6-17H2,1H3,(H,32,33)(H,34,35). The molecule has 1 heterocycles. The van der Waals surface area contributed by atoms with Crippen LogP contribution in [0.3, 0.4) is 0 Å². The van der Waals surface area contributed by atoms with Crippen LogP contribution in [0.5, 0.6) is 0 Å². The molecule has 1 aliphatic rings. The summed E-state index contributed by atoms with van der Waals surface area (Å²) in [5.74, 6) is -1.97. The van der Waals surface area contributed by atoms with Crippen molar-refractivity contribution in [1.82, 2.24) is 19.6 Å². The highest BCUT2D eigenvalue weighted by atomic mass is 16.5. The molecule has 0 spiro atoms. The van der Waals surface area contributed by atoms with Crippen molar-refractivity contribution < 1.29 is 38.9 Å². The third-order valence-corrected chi connectivity index (χ3v) is 6.22. The Morgan fingerprint density at radius 1 is 0.865 bits per heavy atom. The van der Waals surface area contributed by atoms with E-state index >= 15 is 0 Å². The highest BCUT2D eigenvalue weighted by Gasteiger charge is 2.27. The lowest BCUT2D eigenvalue weighted by atomic mass is 10.0. The van der Waals surface area contributed by atoms with Crippen molar-refractivity contribution in [3.63, 3.8) is 0 Å². The average Bonchev–Trinajstić information content (AvgIpc) is 2.87. The van der Waals surface area contributed by atoms with Gasteiger partial charge in [0.15, 0.2) is 0 Å². The van der Waals surface area contributed by atoms with Crippen LogP contribution in [0.25, 0.3) is 0 Å². The smallest absolute Gasteiger partial charge is 0.317 e. The van der Waals surface area contributed by atoms with Crippen LogP contribution in [0.15, 0.2) is 24.3 Å². The van der Waals surface area contributed by atoms with Gasteiger partial charge in [0, 0.05) is 64.6 Å². The molecule has 1 aromatic rings. The van der Waals surface area contributed by atoms with Gasteiger partial charge in [0.05, 0.1) is 13.1 Å². The van der Waals surface area contributed by atoms with Gasteiger partial charge < -0.3 is 25.0 Å². The summed E-state index contributed by atoms with van der Waals surface area (Å²) >= 11 is 0. The van der Waals surface area contributed by atoms with Crippen molar-refractivity contribution in [3.05, 3.63) is 29.8 Å². The number of benzene rings is 1. The molecule has 1 atom stereocenters. The van der Waals surface area contributed by atoms with Crippen molar-refractivity contribution in [2.75, 3.05) is 84.7 Å². The first-order valence-electron chi connectivity index (χ1n) is 12.1. The first-order chi connectivity index (χ1) is 17.8. The van der Waals surface area contributed by atoms with E-state index in [0.717, 1.165) is 11.3 Å². The van der Waals surface area contributed by atoms with Gasteiger partial charge in [-0.15, -0.1) is 0 Å². The number of nitrogens with zero attached hydrogens (tertiary/aromatic N) is 4. The number of aliphatic carboxylic acids is 2. The molecule has 2 rings (SSSR count). The predicted molar refractivity (Wildman–Crippen MR) is 134 cm³/mol. The SMILES string of the molecule is CNc1ccc(CC2CN(CC(=O)O)CCN(COC=O)CCN(COC=O)CCN2CC(=O)O)cc1. The predicted octanol–water partition coefficient (Wildman–Crippen LogP) is -0.709. The molecule has 1 fully saturated rings. The van der Waals surface area contributed by atoms with Gasteiger partial charge in [0.25, 0.3) is 12.9 Å². The summed E-state index contributed by atoms with van der Waals surface area (Å²) in [6.45, 7) is 3.19. The second kappa shape index (κ2) is 16.5. The maximum Gasteiger partial charge on any atom is 0.317 e. The minimum atomic E-state index is -0.986. The van der Waals surface area contributed by atoms with Crippen molar-refractivity contribution in [3.8, 4) is 0 Å². The molecule has 1 unspecified atom stereocenters. The lowest BCUT2D eigenvalue weighted by Crippen LogP contribution is -2.53. The van der Waals surface area contributed by atoms with Gasteiger partial charge in [-0.2, -0.15) is 0 Å². The minimum absolute atomic E-state index is 0.0358. The summed E-state index contributed by atoms with van der Waals surface area (Å²) in [6, 6.07) is 7.50. The van der Waals surface area contributed by atoms with Crippen LogP contribution in [0.2, 0.25) is 0 Å². The van der Waals surface area contributed by atoms with E-state index in [1.165, 1.54) is 0 Å². The molecule has 3 N–H and O–H groups in total. The van der Waals surface area contributed by atoms with Gasteiger partial charge in [-0.1, -0.05) is 12.1 Å². The number of ether oxygens (including phenoxy) is 2. The van der Waals surface area contributed by atoms with Gasteiger partial charge in [0.1, 0.15) is 13.5 Å². The molecule has 37 heavy (non-hydrogen) atoms. The molecule has 206 valence electrons. The first kappa shape index (κ1) is 30.0. The van der Waals surface area contributed by atoms with E-state index < -0.39 is 11.9 Å². The largest absolute Gasteiger partial charge is 0.480 e.